The minimum absolute atomic E-state index is 0.0917. The predicted octanol–water partition coefficient (Wildman–Crippen LogP) is 3.84. The van der Waals surface area contributed by atoms with Crippen LogP contribution in [-0.4, -0.2) is 8.42 Å². The molecule has 0 saturated heterocycles. The molecule has 20 heavy (non-hydrogen) atoms. The van der Waals surface area contributed by atoms with Crippen LogP contribution >= 0.6 is 11.6 Å². The molecule has 0 fully saturated rings. The van der Waals surface area contributed by atoms with Crippen molar-refractivity contribution in [3.8, 4) is 0 Å². The third kappa shape index (κ3) is 3.99. The normalized spacial score (nSPS) is 11.3. The Hall–Kier alpha value is -1.52. The number of halogens is 1. The fourth-order valence-electron chi connectivity index (χ4n) is 1.98. The molecule has 0 amide bonds. The minimum atomic E-state index is -3.45. The molecule has 106 valence electrons. The summed E-state index contributed by atoms with van der Waals surface area (Å²) in [7, 11) is -3.45. The molecule has 0 bridgehead atoms. The van der Waals surface area contributed by atoms with Crippen molar-refractivity contribution in [3.05, 3.63) is 64.7 Å². The third-order valence-electron chi connectivity index (χ3n) is 2.91. The van der Waals surface area contributed by atoms with E-state index in [0.29, 0.717) is 16.3 Å². The summed E-state index contributed by atoms with van der Waals surface area (Å²) in [5, 5.41) is 0.534. The van der Waals surface area contributed by atoms with Gasteiger partial charge in [0.15, 0.2) is 0 Å². The highest BCUT2D eigenvalue weighted by atomic mass is 35.5. The van der Waals surface area contributed by atoms with Crippen LogP contribution in [-0.2, 0) is 22.2 Å². The number of nitrogens with one attached hydrogen (secondary N) is 1. The first kappa shape index (κ1) is 14.9. The standard InChI is InChI=1S/C15H16ClNO2S/c1-2-13-7-3-4-9-15(13)17-20(18,19)11-12-6-5-8-14(16)10-12/h3-10,17H,2,11H2,1H3. The lowest BCUT2D eigenvalue weighted by Crippen LogP contribution is -2.16. The largest absolute Gasteiger partial charge is 0.283 e. The Labute approximate surface area is 124 Å². The van der Waals surface area contributed by atoms with Crippen molar-refractivity contribution >= 4 is 27.3 Å². The SMILES string of the molecule is CCc1ccccc1NS(=O)(=O)Cc1cccc(Cl)c1. The van der Waals surface area contributed by atoms with Gasteiger partial charge in [-0.05, 0) is 35.7 Å². The van der Waals surface area contributed by atoms with Crippen LogP contribution in [0.5, 0.6) is 0 Å². The lowest BCUT2D eigenvalue weighted by atomic mass is 10.1. The van der Waals surface area contributed by atoms with Gasteiger partial charge in [0.05, 0.1) is 11.4 Å². The van der Waals surface area contributed by atoms with Crippen LogP contribution in [0, 0.1) is 0 Å². The first-order valence-electron chi connectivity index (χ1n) is 6.33. The topological polar surface area (TPSA) is 46.2 Å². The van der Waals surface area contributed by atoms with Crippen LogP contribution in [0.15, 0.2) is 48.5 Å². The Kier molecular flexibility index (Phi) is 4.68. The van der Waals surface area contributed by atoms with E-state index in [1.165, 1.54) is 0 Å². The second-order valence-electron chi connectivity index (χ2n) is 4.50. The number of hydrogen-bond donors (Lipinski definition) is 1. The maximum absolute atomic E-state index is 12.2. The highest BCUT2D eigenvalue weighted by Crippen LogP contribution is 2.19. The highest BCUT2D eigenvalue weighted by Gasteiger charge is 2.13. The van der Waals surface area contributed by atoms with Gasteiger partial charge in [-0.25, -0.2) is 8.42 Å². The lowest BCUT2D eigenvalue weighted by Gasteiger charge is -2.11. The molecular weight excluding hydrogens is 294 g/mol. The van der Waals surface area contributed by atoms with Crippen LogP contribution in [0.2, 0.25) is 5.02 Å². The molecule has 0 atom stereocenters. The maximum atomic E-state index is 12.2. The van der Waals surface area contributed by atoms with Gasteiger partial charge in [0.1, 0.15) is 0 Å². The zero-order valence-electron chi connectivity index (χ0n) is 11.1. The number of rotatable bonds is 5. The average molecular weight is 310 g/mol. The first-order valence-corrected chi connectivity index (χ1v) is 8.36. The molecule has 0 heterocycles. The summed E-state index contributed by atoms with van der Waals surface area (Å²) in [5.74, 6) is -0.0917. The molecule has 2 rings (SSSR count). The quantitative estimate of drug-likeness (QED) is 0.912. The van der Waals surface area contributed by atoms with Gasteiger partial charge in [-0.2, -0.15) is 0 Å². The number of aryl methyl sites for hydroxylation is 1. The summed E-state index contributed by atoms with van der Waals surface area (Å²) in [6.45, 7) is 1.99. The second-order valence-corrected chi connectivity index (χ2v) is 6.66. The predicted molar refractivity (Wildman–Crippen MR) is 83.5 cm³/mol. The average Bonchev–Trinajstić information content (AvgIpc) is 2.38. The molecule has 3 nitrogen and oxygen atoms in total. The van der Waals surface area contributed by atoms with Gasteiger partial charge < -0.3 is 0 Å². The summed E-state index contributed by atoms with van der Waals surface area (Å²) in [6, 6.07) is 14.3. The maximum Gasteiger partial charge on any atom is 0.236 e. The summed E-state index contributed by atoms with van der Waals surface area (Å²) in [5.41, 5.74) is 2.28. The van der Waals surface area contributed by atoms with Gasteiger partial charge >= 0.3 is 0 Å². The van der Waals surface area contributed by atoms with E-state index in [0.717, 1.165) is 12.0 Å². The van der Waals surface area contributed by atoms with Crippen molar-refractivity contribution in [2.75, 3.05) is 4.72 Å². The molecule has 0 aromatic heterocycles. The van der Waals surface area contributed by atoms with Crippen molar-refractivity contribution in [3.63, 3.8) is 0 Å². The van der Waals surface area contributed by atoms with E-state index in [4.69, 9.17) is 11.6 Å². The highest BCUT2D eigenvalue weighted by molar-refractivity contribution is 7.91. The molecule has 0 aliphatic heterocycles. The van der Waals surface area contributed by atoms with Crippen LogP contribution in [0.3, 0.4) is 0 Å². The number of sulfonamides is 1. The van der Waals surface area contributed by atoms with Gasteiger partial charge in [-0.1, -0.05) is 48.9 Å². The molecule has 2 aromatic carbocycles. The smallest absolute Gasteiger partial charge is 0.236 e. The van der Waals surface area contributed by atoms with Crippen molar-refractivity contribution < 1.29 is 8.42 Å². The van der Waals surface area contributed by atoms with Crippen LogP contribution in [0.1, 0.15) is 18.1 Å². The Bertz CT molecular complexity index is 699. The van der Waals surface area contributed by atoms with E-state index in [2.05, 4.69) is 4.72 Å². The number of anilines is 1. The second kappa shape index (κ2) is 6.29. The van der Waals surface area contributed by atoms with Crippen LogP contribution in [0.4, 0.5) is 5.69 Å². The molecule has 0 radical (unpaired) electrons. The lowest BCUT2D eigenvalue weighted by molar-refractivity contribution is 0.600. The van der Waals surface area contributed by atoms with Crippen LogP contribution < -0.4 is 4.72 Å². The van der Waals surface area contributed by atoms with Crippen molar-refractivity contribution in [1.82, 2.24) is 0 Å². The van der Waals surface area contributed by atoms with E-state index in [-0.39, 0.29) is 5.75 Å². The van der Waals surface area contributed by atoms with Crippen molar-refractivity contribution in [2.45, 2.75) is 19.1 Å². The van der Waals surface area contributed by atoms with Gasteiger partial charge in [-0.3, -0.25) is 4.72 Å². The summed E-state index contributed by atoms with van der Waals surface area (Å²) < 4.78 is 27.0. The third-order valence-corrected chi connectivity index (χ3v) is 4.39. The molecule has 2 aromatic rings. The van der Waals surface area contributed by atoms with Crippen molar-refractivity contribution in [1.29, 1.82) is 0 Å². The summed E-state index contributed by atoms with van der Waals surface area (Å²) in [6.07, 6.45) is 0.774. The van der Waals surface area contributed by atoms with E-state index >= 15 is 0 Å². The van der Waals surface area contributed by atoms with Gasteiger partial charge in [0, 0.05) is 5.02 Å². The summed E-state index contributed by atoms with van der Waals surface area (Å²) in [4.78, 5) is 0. The molecule has 5 heteroatoms. The van der Waals surface area contributed by atoms with Gasteiger partial charge in [0.25, 0.3) is 0 Å². The van der Waals surface area contributed by atoms with Gasteiger partial charge in [0.2, 0.25) is 10.0 Å². The Morgan fingerprint density at radius 3 is 2.55 bits per heavy atom. The van der Waals surface area contributed by atoms with Gasteiger partial charge in [-0.15, -0.1) is 0 Å². The Morgan fingerprint density at radius 1 is 1.10 bits per heavy atom. The molecule has 0 saturated carbocycles. The molecule has 0 spiro atoms. The molecule has 0 aliphatic rings. The van der Waals surface area contributed by atoms with E-state index in [1.54, 1.807) is 30.3 Å². The van der Waals surface area contributed by atoms with E-state index in [9.17, 15) is 8.42 Å². The number of benzene rings is 2. The summed E-state index contributed by atoms with van der Waals surface area (Å²) >= 11 is 5.87. The molecular formula is C15H16ClNO2S. The zero-order valence-corrected chi connectivity index (χ0v) is 12.7. The van der Waals surface area contributed by atoms with E-state index in [1.807, 2.05) is 25.1 Å². The fraction of sp³-hybridized carbons (Fsp3) is 0.200. The van der Waals surface area contributed by atoms with Crippen molar-refractivity contribution in [2.24, 2.45) is 0 Å². The number of para-hydroxylation sites is 1. The van der Waals surface area contributed by atoms with E-state index < -0.39 is 10.0 Å². The zero-order chi connectivity index (χ0) is 14.6. The monoisotopic (exact) mass is 309 g/mol. The molecule has 0 aliphatic carbocycles. The minimum Gasteiger partial charge on any atom is -0.283 e. The number of hydrogen-bond acceptors (Lipinski definition) is 2. The fourth-order valence-corrected chi connectivity index (χ4v) is 3.42. The Morgan fingerprint density at radius 2 is 1.85 bits per heavy atom. The van der Waals surface area contributed by atoms with Crippen LogP contribution in [0.25, 0.3) is 0 Å². The molecule has 1 N–H and O–H groups in total. The Balaban J connectivity index is 2.19. The first-order chi connectivity index (χ1) is 9.50. The molecule has 0 unspecified atom stereocenters.